The molecule has 1 aromatic carbocycles. The summed E-state index contributed by atoms with van der Waals surface area (Å²) in [6.07, 6.45) is -1.22. The number of rotatable bonds is 3. The van der Waals surface area contributed by atoms with Crippen LogP contribution in [0.4, 0.5) is 16.2 Å². The Morgan fingerprint density at radius 2 is 1.86 bits per heavy atom. The number of amides is 1. The van der Waals surface area contributed by atoms with Crippen LogP contribution < -0.4 is 11.5 Å². The fraction of sp³-hybridized carbons (Fsp3) is 0. The number of ether oxygens (including phenoxy) is 1. The number of carbonyl (C=O) groups excluding carboxylic acids is 2. The number of hydrogen-bond donors (Lipinski definition) is 2. The first-order valence-electron chi connectivity index (χ1n) is 5.54. The highest BCUT2D eigenvalue weighted by Gasteiger charge is 2.19. The minimum Gasteiger partial charge on any atom is -0.397 e. The van der Waals surface area contributed by atoms with Crippen molar-refractivity contribution in [1.29, 1.82) is 0 Å². The lowest BCUT2D eigenvalue weighted by atomic mass is 10.1. The Kier molecular flexibility index (Phi) is 3.85. The largest absolute Gasteiger partial charge is 0.412 e. The van der Waals surface area contributed by atoms with E-state index in [1.54, 1.807) is 0 Å². The number of primary amides is 1. The van der Waals surface area contributed by atoms with Crippen LogP contribution >= 0.6 is 11.3 Å². The molecule has 0 aliphatic carbocycles. The summed E-state index contributed by atoms with van der Waals surface area (Å²) in [6, 6.07) is 7.27. The highest BCUT2D eigenvalue weighted by atomic mass is 32.1. The Morgan fingerprint density at radius 1 is 1.24 bits per heavy atom. The SMILES string of the molecule is NC(=O)OC(=O)c1sc(-c2ccc([N+](=O)[O-])cc2)cc1N. The van der Waals surface area contributed by atoms with Gasteiger partial charge in [-0.3, -0.25) is 10.1 Å². The van der Waals surface area contributed by atoms with Crippen LogP contribution in [-0.4, -0.2) is 17.0 Å². The van der Waals surface area contributed by atoms with Gasteiger partial charge in [0.1, 0.15) is 4.88 Å². The van der Waals surface area contributed by atoms with Crippen molar-refractivity contribution in [2.45, 2.75) is 0 Å². The quantitative estimate of drug-likeness (QED) is 0.385. The maximum Gasteiger partial charge on any atom is 0.412 e. The second kappa shape index (κ2) is 5.59. The van der Waals surface area contributed by atoms with Crippen LogP contribution in [0.5, 0.6) is 0 Å². The molecular weight excluding hydrogens is 298 g/mol. The van der Waals surface area contributed by atoms with Crippen molar-refractivity contribution in [2.75, 3.05) is 5.73 Å². The Morgan fingerprint density at radius 3 is 2.38 bits per heavy atom. The molecule has 0 fully saturated rings. The molecule has 108 valence electrons. The number of benzene rings is 1. The maximum atomic E-state index is 11.6. The Labute approximate surface area is 122 Å². The van der Waals surface area contributed by atoms with Crippen molar-refractivity contribution in [3.05, 3.63) is 45.3 Å². The molecule has 21 heavy (non-hydrogen) atoms. The third-order valence-electron chi connectivity index (χ3n) is 2.50. The minimum atomic E-state index is -1.22. The van der Waals surface area contributed by atoms with Gasteiger partial charge in [-0.15, -0.1) is 11.3 Å². The molecule has 0 spiro atoms. The number of thiophene rings is 1. The van der Waals surface area contributed by atoms with Crippen molar-refractivity contribution >= 4 is 34.8 Å². The molecule has 2 rings (SSSR count). The maximum absolute atomic E-state index is 11.6. The van der Waals surface area contributed by atoms with Crippen LogP contribution in [0.25, 0.3) is 10.4 Å². The van der Waals surface area contributed by atoms with E-state index in [0.29, 0.717) is 10.4 Å². The van der Waals surface area contributed by atoms with Gasteiger partial charge in [0, 0.05) is 17.0 Å². The summed E-state index contributed by atoms with van der Waals surface area (Å²) in [6.45, 7) is 0. The standard InChI is InChI=1S/C12H9N3O5S/c13-8-5-9(21-10(8)11(16)20-12(14)17)6-1-3-7(4-2-6)15(18)19/h1-5H,13H2,(H2,14,17). The molecule has 1 heterocycles. The van der Waals surface area contributed by atoms with E-state index >= 15 is 0 Å². The van der Waals surface area contributed by atoms with Gasteiger partial charge in [-0.25, -0.2) is 9.59 Å². The normalized spacial score (nSPS) is 10.1. The van der Waals surface area contributed by atoms with Gasteiger partial charge in [-0.05, 0) is 23.8 Å². The van der Waals surface area contributed by atoms with E-state index in [2.05, 4.69) is 4.74 Å². The smallest absolute Gasteiger partial charge is 0.397 e. The minimum absolute atomic E-state index is 0.0437. The van der Waals surface area contributed by atoms with E-state index in [-0.39, 0.29) is 16.3 Å². The number of carbonyl (C=O) groups is 2. The van der Waals surface area contributed by atoms with Crippen molar-refractivity contribution < 1.29 is 19.2 Å². The van der Waals surface area contributed by atoms with Crippen LogP contribution in [0.15, 0.2) is 30.3 Å². The van der Waals surface area contributed by atoms with Gasteiger partial charge in [-0.2, -0.15) is 0 Å². The van der Waals surface area contributed by atoms with Gasteiger partial charge < -0.3 is 16.2 Å². The zero-order valence-corrected chi connectivity index (χ0v) is 11.3. The number of hydrogen-bond acceptors (Lipinski definition) is 7. The van der Waals surface area contributed by atoms with Crippen LogP contribution in [0.3, 0.4) is 0 Å². The molecule has 8 nitrogen and oxygen atoms in total. The van der Waals surface area contributed by atoms with Gasteiger partial charge in [0.2, 0.25) is 0 Å². The number of nitrogens with two attached hydrogens (primary N) is 2. The topological polar surface area (TPSA) is 139 Å². The summed E-state index contributed by atoms with van der Waals surface area (Å²) in [5.41, 5.74) is 11.2. The second-order valence-corrected chi connectivity index (χ2v) is 4.96. The monoisotopic (exact) mass is 307 g/mol. The van der Waals surface area contributed by atoms with E-state index in [1.807, 2.05) is 0 Å². The van der Waals surface area contributed by atoms with Crippen molar-refractivity contribution in [3.63, 3.8) is 0 Å². The molecular formula is C12H9N3O5S. The van der Waals surface area contributed by atoms with Gasteiger partial charge in [0.25, 0.3) is 5.69 Å². The first-order valence-corrected chi connectivity index (χ1v) is 6.36. The molecule has 0 radical (unpaired) electrons. The average Bonchev–Trinajstić information content (AvgIpc) is 2.80. The van der Waals surface area contributed by atoms with Crippen LogP contribution in [0.1, 0.15) is 9.67 Å². The highest BCUT2D eigenvalue weighted by Crippen LogP contribution is 2.34. The lowest BCUT2D eigenvalue weighted by Gasteiger charge is -1.97. The molecule has 0 saturated carbocycles. The van der Waals surface area contributed by atoms with Crippen molar-refractivity contribution in [2.24, 2.45) is 5.73 Å². The predicted molar refractivity (Wildman–Crippen MR) is 75.8 cm³/mol. The van der Waals surface area contributed by atoms with Gasteiger partial charge in [0.05, 0.1) is 10.6 Å². The van der Waals surface area contributed by atoms with Crippen molar-refractivity contribution in [3.8, 4) is 10.4 Å². The fourth-order valence-electron chi connectivity index (χ4n) is 1.59. The van der Waals surface area contributed by atoms with Crippen LogP contribution in [0, 0.1) is 10.1 Å². The van der Waals surface area contributed by atoms with Crippen LogP contribution in [0.2, 0.25) is 0 Å². The van der Waals surface area contributed by atoms with E-state index in [4.69, 9.17) is 11.5 Å². The summed E-state index contributed by atoms with van der Waals surface area (Å²) in [5.74, 6) is -0.932. The van der Waals surface area contributed by atoms with Crippen molar-refractivity contribution in [1.82, 2.24) is 0 Å². The summed E-state index contributed by atoms with van der Waals surface area (Å²) in [4.78, 5) is 32.9. The Bertz CT molecular complexity index is 723. The van der Waals surface area contributed by atoms with Gasteiger partial charge >= 0.3 is 12.1 Å². The lowest BCUT2D eigenvalue weighted by Crippen LogP contribution is -2.18. The zero-order valence-electron chi connectivity index (χ0n) is 10.4. The van der Waals surface area contributed by atoms with E-state index in [9.17, 15) is 19.7 Å². The number of esters is 1. The summed E-state index contributed by atoms with van der Waals surface area (Å²) in [7, 11) is 0. The van der Waals surface area contributed by atoms with E-state index < -0.39 is 17.0 Å². The number of anilines is 1. The zero-order chi connectivity index (χ0) is 15.6. The lowest BCUT2D eigenvalue weighted by molar-refractivity contribution is -0.384. The Hall–Kier alpha value is -2.94. The number of nitro groups is 1. The third-order valence-corrected chi connectivity index (χ3v) is 3.68. The van der Waals surface area contributed by atoms with Crippen LogP contribution in [-0.2, 0) is 4.74 Å². The molecule has 0 aliphatic heterocycles. The van der Waals surface area contributed by atoms with E-state index in [1.165, 1.54) is 30.3 Å². The molecule has 1 aromatic heterocycles. The second-order valence-electron chi connectivity index (χ2n) is 3.91. The molecule has 0 unspecified atom stereocenters. The molecule has 1 amide bonds. The third kappa shape index (κ3) is 3.15. The summed E-state index contributed by atoms with van der Waals surface area (Å²) in [5, 5.41) is 10.6. The molecule has 0 bridgehead atoms. The summed E-state index contributed by atoms with van der Waals surface area (Å²) < 4.78 is 4.26. The molecule has 9 heteroatoms. The number of nitrogen functional groups attached to an aromatic ring is 1. The molecule has 2 aromatic rings. The molecule has 4 N–H and O–H groups in total. The van der Waals surface area contributed by atoms with Gasteiger partial charge in [-0.1, -0.05) is 0 Å². The predicted octanol–water partition coefficient (Wildman–Crippen LogP) is 2.14. The number of nitro benzene ring substituents is 1. The first kappa shape index (κ1) is 14.5. The highest BCUT2D eigenvalue weighted by molar-refractivity contribution is 7.18. The number of non-ortho nitro benzene ring substituents is 1. The molecule has 0 aliphatic rings. The summed E-state index contributed by atoms with van der Waals surface area (Å²) >= 11 is 1.000. The number of nitrogens with zero attached hydrogens (tertiary/aromatic N) is 1. The van der Waals surface area contributed by atoms with Gasteiger partial charge in [0.15, 0.2) is 0 Å². The average molecular weight is 307 g/mol. The molecule has 0 saturated heterocycles. The first-order chi connectivity index (χ1) is 9.88. The van der Waals surface area contributed by atoms with E-state index in [0.717, 1.165) is 11.3 Å². The fourth-order valence-corrected chi connectivity index (χ4v) is 2.55. The Balaban J connectivity index is 2.31. The molecule has 0 atom stereocenters.